The highest BCUT2D eigenvalue weighted by Crippen LogP contribution is 2.24. The lowest BCUT2D eigenvalue weighted by Gasteiger charge is -2.26. The Morgan fingerprint density at radius 2 is 1.91 bits per heavy atom. The Bertz CT molecular complexity index is 1230. The zero-order valence-corrected chi connectivity index (χ0v) is 18.3. The summed E-state index contributed by atoms with van der Waals surface area (Å²) in [6, 6.07) is 12.0. The van der Waals surface area contributed by atoms with Crippen LogP contribution in [0, 0.1) is 28.4 Å². The molecule has 0 spiro atoms. The number of anilines is 1. The summed E-state index contributed by atoms with van der Waals surface area (Å²) in [7, 11) is -3.67. The van der Waals surface area contributed by atoms with Crippen LogP contribution in [-0.2, 0) is 14.8 Å². The van der Waals surface area contributed by atoms with Crippen LogP contribution in [0.15, 0.2) is 52.9 Å². The summed E-state index contributed by atoms with van der Waals surface area (Å²) in [5, 5.41) is 23.1. The quantitative estimate of drug-likeness (QED) is 0.307. The van der Waals surface area contributed by atoms with Crippen molar-refractivity contribution in [3.8, 4) is 6.07 Å². The molecule has 166 valence electrons. The number of nitrogens with zero attached hydrogens (tertiary/aromatic N) is 3. The van der Waals surface area contributed by atoms with E-state index in [4.69, 9.17) is 0 Å². The molecule has 0 aromatic heterocycles. The molecule has 0 radical (unpaired) electrons. The van der Waals surface area contributed by atoms with E-state index in [1.54, 1.807) is 19.1 Å². The molecule has 0 saturated carbocycles. The highest BCUT2D eigenvalue weighted by Gasteiger charge is 2.26. The molecule has 2 aromatic rings. The molecule has 0 bridgehead atoms. The Hall–Kier alpha value is -3.55. The van der Waals surface area contributed by atoms with Gasteiger partial charge >= 0.3 is 0 Å². The number of nitro groups is 1. The fourth-order valence-electron chi connectivity index (χ4n) is 3.42. The van der Waals surface area contributed by atoms with Gasteiger partial charge in [0.1, 0.15) is 11.6 Å². The number of nitrogens with one attached hydrogen (secondary N) is 1. The summed E-state index contributed by atoms with van der Waals surface area (Å²) < 4.78 is 27.2. The standard InChI is InChI=1S/C22H22N4O5S/c1-16-8-9-17(13-21(16)26(28)29)12-18(15-23)22(27)24-19-6-5-7-20(14-19)32(30,31)25-10-3-2-4-11-25/h5-9,12-14H,2-4,10-11H2,1H3,(H,24,27)/b18-12+. The van der Waals surface area contributed by atoms with Crippen molar-refractivity contribution in [1.29, 1.82) is 5.26 Å². The molecule has 1 saturated heterocycles. The number of nitro benzene ring substituents is 1. The number of amides is 1. The van der Waals surface area contributed by atoms with Crippen LogP contribution in [0.5, 0.6) is 0 Å². The molecule has 1 aliphatic rings. The molecular formula is C22H22N4O5S. The van der Waals surface area contributed by atoms with Gasteiger partial charge in [-0.15, -0.1) is 0 Å². The minimum Gasteiger partial charge on any atom is -0.321 e. The molecular weight excluding hydrogens is 432 g/mol. The summed E-state index contributed by atoms with van der Waals surface area (Å²) in [6.45, 7) is 2.51. The van der Waals surface area contributed by atoms with Crippen LogP contribution >= 0.6 is 0 Å². The summed E-state index contributed by atoms with van der Waals surface area (Å²) in [6.07, 6.45) is 3.86. The third-order valence-corrected chi connectivity index (χ3v) is 7.05. The van der Waals surface area contributed by atoms with Crippen molar-refractivity contribution >= 4 is 33.4 Å². The van der Waals surface area contributed by atoms with Crippen molar-refractivity contribution in [3.05, 3.63) is 69.3 Å². The Kier molecular flexibility index (Phi) is 7.02. The first kappa shape index (κ1) is 23.1. The smallest absolute Gasteiger partial charge is 0.272 e. The Morgan fingerprint density at radius 1 is 1.19 bits per heavy atom. The number of aryl methyl sites for hydroxylation is 1. The Labute approximate surface area is 186 Å². The van der Waals surface area contributed by atoms with Crippen LogP contribution in [0.1, 0.15) is 30.4 Å². The number of rotatable bonds is 6. The first-order valence-electron chi connectivity index (χ1n) is 10.0. The van der Waals surface area contributed by atoms with Crippen LogP contribution in [0.2, 0.25) is 0 Å². The highest BCUT2D eigenvalue weighted by atomic mass is 32.2. The predicted octanol–water partition coefficient (Wildman–Crippen LogP) is 3.62. The van der Waals surface area contributed by atoms with Crippen LogP contribution < -0.4 is 5.32 Å². The van der Waals surface area contributed by atoms with Gasteiger partial charge in [-0.1, -0.05) is 24.6 Å². The van der Waals surface area contributed by atoms with Gasteiger partial charge in [-0.2, -0.15) is 9.57 Å². The van der Waals surface area contributed by atoms with E-state index in [1.165, 1.54) is 46.8 Å². The highest BCUT2D eigenvalue weighted by molar-refractivity contribution is 7.89. The zero-order valence-electron chi connectivity index (χ0n) is 17.4. The molecule has 0 unspecified atom stereocenters. The van der Waals surface area contributed by atoms with Crippen molar-refractivity contribution in [2.75, 3.05) is 18.4 Å². The molecule has 0 aliphatic carbocycles. The molecule has 32 heavy (non-hydrogen) atoms. The fraction of sp³-hybridized carbons (Fsp3) is 0.273. The van der Waals surface area contributed by atoms with E-state index in [0.717, 1.165) is 19.3 Å². The van der Waals surface area contributed by atoms with Crippen LogP contribution in [0.25, 0.3) is 6.08 Å². The summed E-state index contributed by atoms with van der Waals surface area (Å²) in [5.74, 6) is -0.747. The number of nitriles is 1. The van der Waals surface area contributed by atoms with Crippen molar-refractivity contribution in [2.45, 2.75) is 31.1 Å². The average Bonchev–Trinajstić information content (AvgIpc) is 2.79. The second-order valence-electron chi connectivity index (χ2n) is 7.42. The molecule has 3 rings (SSSR count). The molecule has 1 aliphatic heterocycles. The van der Waals surface area contributed by atoms with Crippen molar-refractivity contribution in [3.63, 3.8) is 0 Å². The number of sulfonamides is 1. The van der Waals surface area contributed by atoms with E-state index in [0.29, 0.717) is 24.2 Å². The second kappa shape index (κ2) is 9.72. The maximum Gasteiger partial charge on any atom is 0.272 e. The van der Waals surface area contributed by atoms with Gasteiger partial charge in [0.25, 0.3) is 11.6 Å². The fourth-order valence-corrected chi connectivity index (χ4v) is 4.98. The summed E-state index contributed by atoms with van der Waals surface area (Å²) >= 11 is 0. The van der Waals surface area contributed by atoms with Crippen LogP contribution in [-0.4, -0.2) is 36.6 Å². The van der Waals surface area contributed by atoms with Gasteiger partial charge in [-0.25, -0.2) is 8.42 Å². The first-order chi connectivity index (χ1) is 15.2. The van der Waals surface area contributed by atoms with Crippen LogP contribution in [0.3, 0.4) is 0 Å². The molecule has 2 aromatic carbocycles. The van der Waals surface area contributed by atoms with Gasteiger partial charge in [-0.3, -0.25) is 14.9 Å². The van der Waals surface area contributed by atoms with Gasteiger partial charge in [0.2, 0.25) is 10.0 Å². The lowest BCUT2D eigenvalue weighted by molar-refractivity contribution is -0.385. The third kappa shape index (κ3) is 5.19. The van der Waals surface area contributed by atoms with E-state index in [-0.39, 0.29) is 21.8 Å². The van der Waals surface area contributed by atoms with Crippen LogP contribution in [0.4, 0.5) is 11.4 Å². The van der Waals surface area contributed by atoms with Gasteiger partial charge in [0.05, 0.1) is 9.82 Å². The van der Waals surface area contributed by atoms with Gasteiger partial charge in [0, 0.05) is 30.4 Å². The maximum absolute atomic E-state index is 12.9. The van der Waals surface area contributed by atoms with Crippen molar-refractivity contribution in [2.24, 2.45) is 0 Å². The molecule has 1 N–H and O–H groups in total. The van der Waals surface area contributed by atoms with E-state index in [9.17, 15) is 28.6 Å². The number of hydrogen-bond acceptors (Lipinski definition) is 6. The number of carbonyl (C=O) groups is 1. The summed E-state index contributed by atoms with van der Waals surface area (Å²) in [5.41, 5.74) is 0.626. The predicted molar refractivity (Wildman–Crippen MR) is 119 cm³/mol. The normalized spacial score (nSPS) is 15.1. The second-order valence-corrected chi connectivity index (χ2v) is 9.36. The van der Waals surface area contributed by atoms with Gasteiger partial charge < -0.3 is 5.32 Å². The lowest BCUT2D eigenvalue weighted by Crippen LogP contribution is -2.35. The summed E-state index contributed by atoms with van der Waals surface area (Å²) in [4.78, 5) is 23.2. The monoisotopic (exact) mass is 454 g/mol. The Balaban J connectivity index is 1.82. The first-order valence-corrected chi connectivity index (χ1v) is 11.4. The average molecular weight is 455 g/mol. The largest absolute Gasteiger partial charge is 0.321 e. The maximum atomic E-state index is 12.9. The molecule has 1 fully saturated rings. The molecule has 1 heterocycles. The van der Waals surface area contributed by atoms with E-state index >= 15 is 0 Å². The zero-order chi connectivity index (χ0) is 23.3. The van der Waals surface area contributed by atoms with Gasteiger partial charge in [0.15, 0.2) is 0 Å². The molecule has 9 nitrogen and oxygen atoms in total. The minimum atomic E-state index is -3.67. The van der Waals surface area contributed by atoms with E-state index < -0.39 is 20.9 Å². The number of hydrogen-bond donors (Lipinski definition) is 1. The topological polar surface area (TPSA) is 133 Å². The van der Waals surface area contributed by atoms with E-state index in [1.807, 2.05) is 0 Å². The lowest BCUT2D eigenvalue weighted by atomic mass is 10.1. The number of piperidine rings is 1. The molecule has 0 atom stereocenters. The van der Waals surface area contributed by atoms with Crippen molar-refractivity contribution in [1.82, 2.24) is 4.31 Å². The minimum absolute atomic E-state index is 0.0637. The number of benzene rings is 2. The van der Waals surface area contributed by atoms with Crippen molar-refractivity contribution < 1.29 is 18.1 Å². The van der Waals surface area contributed by atoms with E-state index in [2.05, 4.69) is 5.32 Å². The third-order valence-electron chi connectivity index (χ3n) is 5.15. The Morgan fingerprint density at radius 3 is 2.56 bits per heavy atom. The SMILES string of the molecule is Cc1ccc(/C=C(\C#N)C(=O)Nc2cccc(S(=O)(=O)N3CCCCC3)c2)cc1[N+](=O)[O-]. The number of carbonyl (C=O) groups excluding carboxylic acids is 1. The molecule has 1 amide bonds. The van der Waals surface area contributed by atoms with Gasteiger partial charge in [-0.05, 0) is 49.6 Å². The molecule has 10 heteroatoms.